The van der Waals surface area contributed by atoms with E-state index < -0.39 is 0 Å². The van der Waals surface area contributed by atoms with Crippen molar-refractivity contribution in [2.45, 2.75) is 0 Å². The number of hydrogen-bond donors (Lipinski definition) is 0. The molecule has 0 radical (unpaired) electrons. The molecule has 0 aliphatic carbocycles. The first kappa shape index (κ1) is 15.1. The van der Waals surface area contributed by atoms with Gasteiger partial charge in [0.25, 0.3) is 5.91 Å². The summed E-state index contributed by atoms with van der Waals surface area (Å²) in [6, 6.07) is 6.74. The summed E-state index contributed by atoms with van der Waals surface area (Å²) in [6.45, 7) is 2.66. The third-order valence-corrected chi connectivity index (χ3v) is 4.31. The Bertz CT molecular complexity index is 672. The predicted molar refractivity (Wildman–Crippen MR) is 86.6 cm³/mol. The Kier molecular flexibility index (Phi) is 4.45. The van der Waals surface area contributed by atoms with Crippen LogP contribution in [0.1, 0.15) is 10.4 Å². The minimum absolute atomic E-state index is 0.0350. The standard InChI is InChI=1S/C15H14Cl2N4O/c16-12-3-2-11(10-13(12)17)14(22)20-6-8-21(9-7-20)15-18-4-1-5-19-15/h1-5,10H,6-9H2. The molecule has 114 valence electrons. The van der Waals surface area contributed by atoms with E-state index in [1.54, 1.807) is 41.6 Å². The third-order valence-electron chi connectivity index (χ3n) is 3.57. The zero-order valence-corrected chi connectivity index (χ0v) is 13.3. The van der Waals surface area contributed by atoms with Crippen LogP contribution < -0.4 is 4.90 Å². The molecule has 2 heterocycles. The van der Waals surface area contributed by atoms with E-state index in [9.17, 15) is 4.79 Å². The van der Waals surface area contributed by atoms with Crippen molar-refractivity contribution >= 4 is 35.1 Å². The summed E-state index contributed by atoms with van der Waals surface area (Å²) in [5.74, 6) is 0.663. The van der Waals surface area contributed by atoms with Gasteiger partial charge in [0.15, 0.2) is 0 Å². The van der Waals surface area contributed by atoms with Gasteiger partial charge in [-0.05, 0) is 24.3 Å². The van der Waals surface area contributed by atoms with E-state index in [0.717, 1.165) is 0 Å². The van der Waals surface area contributed by atoms with Crippen LogP contribution in [0.5, 0.6) is 0 Å². The summed E-state index contributed by atoms with van der Waals surface area (Å²) in [7, 11) is 0. The molecule has 0 saturated carbocycles. The molecule has 5 nitrogen and oxygen atoms in total. The van der Waals surface area contributed by atoms with Crippen molar-refractivity contribution < 1.29 is 4.79 Å². The molecule has 0 bridgehead atoms. The van der Waals surface area contributed by atoms with Crippen LogP contribution in [0.25, 0.3) is 0 Å². The molecule has 1 saturated heterocycles. The van der Waals surface area contributed by atoms with E-state index in [-0.39, 0.29) is 5.91 Å². The first-order valence-corrected chi connectivity index (χ1v) is 7.67. The molecule has 1 fully saturated rings. The molecular formula is C15H14Cl2N4O. The van der Waals surface area contributed by atoms with Crippen molar-refractivity contribution in [1.82, 2.24) is 14.9 Å². The lowest BCUT2D eigenvalue weighted by molar-refractivity contribution is 0.0746. The number of carbonyl (C=O) groups is 1. The first-order valence-electron chi connectivity index (χ1n) is 6.91. The highest BCUT2D eigenvalue weighted by Crippen LogP contribution is 2.23. The molecular weight excluding hydrogens is 323 g/mol. The molecule has 2 aromatic rings. The molecule has 3 rings (SSSR count). The highest BCUT2D eigenvalue weighted by Gasteiger charge is 2.23. The maximum Gasteiger partial charge on any atom is 0.254 e. The van der Waals surface area contributed by atoms with Gasteiger partial charge in [0.05, 0.1) is 10.0 Å². The molecule has 1 aliphatic rings. The van der Waals surface area contributed by atoms with E-state index in [1.807, 2.05) is 0 Å². The van der Waals surface area contributed by atoms with Crippen molar-refractivity contribution in [3.8, 4) is 0 Å². The summed E-state index contributed by atoms with van der Waals surface area (Å²) >= 11 is 11.9. The molecule has 1 aromatic carbocycles. The number of benzene rings is 1. The maximum absolute atomic E-state index is 12.5. The molecule has 0 N–H and O–H groups in total. The largest absolute Gasteiger partial charge is 0.337 e. The molecule has 0 atom stereocenters. The fourth-order valence-corrected chi connectivity index (χ4v) is 2.67. The van der Waals surface area contributed by atoms with Crippen LogP contribution in [0.2, 0.25) is 10.0 Å². The Morgan fingerprint density at radius 2 is 1.68 bits per heavy atom. The van der Waals surface area contributed by atoms with Crippen LogP contribution in [-0.2, 0) is 0 Å². The van der Waals surface area contributed by atoms with E-state index in [0.29, 0.717) is 47.7 Å². The number of anilines is 1. The van der Waals surface area contributed by atoms with E-state index in [2.05, 4.69) is 14.9 Å². The normalized spacial score (nSPS) is 15.0. The smallest absolute Gasteiger partial charge is 0.254 e. The number of amides is 1. The van der Waals surface area contributed by atoms with Gasteiger partial charge < -0.3 is 9.80 Å². The van der Waals surface area contributed by atoms with Crippen LogP contribution in [-0.4, -0.2) is 47.0 Å². The Labute approximate surface area is 138 Å². The Morgan fingerprint density at radius 3 is 2.32 bits per heavy atom. The summed E-state index contributed by atoms with van der Waals surface area (Å²) in [4.78, 5) is 24.8. The molecule has 1 amide bonds. The average molecular weight is 337 g/mol. The van der Waals surface area contributed by atoms with Crippen LogP contribution >= 0.6 is 23.2 Å². The van der Waals surface area contributed by atoms with Gasteiger partial charge in [-0.25, -0.2) is 9.97 Å². The SMILES string of the molecule is O=C(c1ccc(Cl)c(Cl)c1)N1CCN(c2ncccn2)CC1. The minimum atomic E-state index is -0.0350. The fraction of sp³-hybridized carbons (Fsp3) is 0.267. The summed E-state index contributed by atoms with van der Waals surface area (Å²) in [5, 5.41) is 0.841. The number of aromatic nitrogens is 2. The van der Waals surface area contributed by atoms with Crippen LogP contribution in [0.15, 0.2) is 36.7 Å². The van der Waals surface area contributed by atoms with Gasteiger partial charge in [-0.2, -0.15) is 0 Å². The molecule has 0 unspecified atom stereocenters. The van der Waals surface area contributed by atoms with Gasteiger partial charge in [0.1, 0.15) is 0 Å². The molecule has 0 spiro atoms. The van der Waals surface area contributed by atoms with Crippen LogP contribution in [0.4, 0.5) is 5.95 Å². The molecule has 7 heteroatoms. The van der Waals surface area contributed by atoms with Gasteiger partial charge in [-0.15, -0.1) is 0 Å². The number of rotatable bonds is 2. The molecule has 1 aromatic heterocycles. The van der Waals surface area contributed by atoms with Crippen molar-refractivity contribution in [2.24, 2.45) is 0 Å². The second kappa shape index (κ2) is 6.50. The molecule has 1 aliphatic heterocycles. The number of carbonyl (C=O) groups excluding carboxylic acids is 1. The summed E-state index contributed by atoms with van der Waals surface area (Å²) in [5.41, 5.74) is 0.554. The van der Waals surface area contributed by atoms with E-state index >= 15 is 0 Å². The van der Waals surface area contributed by atoms with Crippen LogP contribution in [0, 0.1) is 0 Å². The van der Waals surface area contributed by atoms with Crippen molar-refractivity contribution in [3.05, 3.63) is 52.3 Å². The fourth-order valence-electron chi connectivity index (χ4n) is 2.38. The van der Waals surface area contributed by atoms with Gasteiger partial charge in [-0.3, -0.25) is 4.79 Å². The quantitative estimate of drug-likeness (QED) is 0.846. The highest BCUT2D eigenvalue weighted by atomic mass is 35.5. The summed E-state index contributed by atoms with van der Waals surface area (Å²) in [6.07, 6.45) is 3.44. The van der Waals surface area contributed by atoms with Crippen molar-refractivity contribution in [2.75, 3.05) is 31.1 Å². The lowest BCUT2D eigenvalue weighted by atomic mass is 10.2. The zero-order valence-electron chi connectivity index (χ0n) is 11.7. The average Bonchev–Trinajstić information content (AvgIpc) is 2.58. The highest BCUT2D eigenvalue weighted by molar-refractivity contribution is 6.42. The van der Waals surface area contributed by atoms with Crippen LogP contribution in [0.3, 0.4) is 0 Å². The van der Waals surface area contributed by atoms with Gasteiger partial charge in [0.2, 0.25) is 5.95 Å². The van der Waals surface area contributed by atoms with Gasteiger partial charge >= 0.3 is 0 Å². The number of piperazine rings is 1. The third kappa shape index (κ3) is 3.15. The minimum Gasteiger partial charge on any atom is -0.337 e. The maximum atomic E-state index is 12.5. The second-order valence-electron chi connectivity index (χ2n) is 4.96. The lowest BCUT2D eigenvalue weighted by Crippen LogP contribution is -2.49. The van der Waals surface area contributed by atoms with Gasteiger partial charge in [0, 0.05) is 44.1 Å². The topological polar surface area (TPSA) is 49.3 Å². The van der Waals surface area contributed by atoms with E-state index in [1.165, 1.54) is 0 Å². The molecule has 22 heavy (non-hydrogen) atoms. The van der Waals surface area contributed by atoms with Gasteiger partial charge in [-0.1, -0.05) is 23.2 Å². The lowest BCUT2D eigenvalue weighted by Gasteiger charge is -2.34. The number of hydrogen-bond acceptors (Lipinski definition) is 4. The number of halogens is 2. The summed E-state index contributed by atoms with van der Waals surface area (Å²) < 4.78 is 0. The monoisotopic (exact) mass is 336 g/mol. The van der Waals surface area contributed by atoms with Crippen molar-refractivity contribution in [3.63, 3.8) is 0 Å². The van der Waals surface area contributed by atoms with E-state index in [4.69, 9.17) is 23.2 Å². The Morgan fingerprint density at radius 1 is 1.00 bits per heavy atom. The second-order valence-corrected chi connectivity index (χ2v) is 5.77. The van der Waals surface area contributed by atoms with Crippen molar-refractivity contribution in [1.29, 1.82) is 0 Å². The Balaban J connectivity index is 1.66. The first-order chi connectivity index (χ1) is 10.6. The zero-order chi connectivity index (χ0) is 15.5. The number of nitrogens with zero attached hydrogens (tertiary/aromatic N) is 4. The predicted octanol–water partition coefficient (Wildman–Crippen LogP) is 2.75. The Hall–Kier alpha value is -1.85.